The van der Waals surface area contributed by atoms with Crippen molar-refractivity contribution in [2.45, 2.75) is 13.3 Å². The van der Waals surface area contributed by atoms with Crippen molar-refractivity contribution in [3.8, 4) is 6.07 Å². The number of aliphatic carboxylic acids is 1. The molecule has 0 aliphatic carbocycles. The van der Waals surface area contributed by atoms with Crippen LogP contribution in [0.4, 0.5) is 5.69 Å². The van der Waals surface area contributed by atoms with Crippen molar-refractivity contribution in [3.63, 3.8) is 0 Å². The third kappa shape index (κ3) is 3.74. The molecule has 5 nitrogen and oxygen atoms in total. The second kappa shape index (κ2) is 7.23. The lowest BCUT2D eigenvalue weighted by molar-refractivity contribution is -0.136. The van der Waals surface area contributed by atoms with E-state index < -0.39 is 5.97 Å². The Hall–Kier alpha value is -3.13. The summed E-state index contributed by atoms with van der Waals surface area (Å²) in [6.45, 7) is 1.82. The van der Waals surface area contributed by atoms with Gasteiger partial charge >= 0.3 is 5.97 Å². The highest BCUT2D eigenvalue weighted by Gasteiger charge is 2.22. The summed E-state index contributed by atoms with van der Waals surface area (Å²) in [5.74, 6) is -1.31. The molecule has 23 heavy (non-hydrogen) atoms. The normalized spacial score (nSPS) is 9.91. The maximum Gasteiger partial charge on any atom is 0.305 e. The Morgan fingerprint density at radius 3 is 2.43 bits per heavy atom. The van der Waals surface area contributed by atoms with E-state index in [1.807, 2.05) is 25.1 Å². The Kier molecular flexibility index (Phi) is 5.11. The Balaban J connectivity index is 2.46. The summed E-state index contributed by atoms with van der Waals surface area (Å²) >= 11 is 0. The van der Waals surface area contributed by atoms with Crippen LogP contribution in [0.1, 0.15) is 27.9 Å². The van der Waals surface area contributed by atoms with E-state index in [0.717, 1.165) is 5.56 Å². The maximum atomic E-state index is 12.9. The molecule has 5 heteroatoms. The second-order valence-electron chi connectivity index (χ2n) is 5.04. The molecule has 0 saturated carbocycles. The summed E-state index contributed by atoms with van der Waals surface area (Å²) in [6.07, 6.45) is -0.197. The quantitative estimate of drug-likeness (QED) is 0.920. The molecule has 2 aromatic rings. The van der Waals surface area contributed by atoms with Crippen LogP contribution in [0, 0.1) is 18.3 Å². The van der Waals surface area contributed by atoms with E-state index in [4.69, 9.17) is 5.11 Å². The molecule has 0 unspecified atom stereocenters. The van der Waals surface area contributed by atoms with Crippen LogP contribution in [0.3, 0.4) is 0 Å². The molecular weight excluding hydrogens is 292 g/mol. The molecule has 0 bridgehead atoms. The third-order valence-electron chi connectivity index (χ3n) is 3.49. The van der Waals surface area contributed by atoms with Crippen LogP contribution in [0.5, 0.6) is 0 Å². The van der Waals surface area contributed by atoms with Crippen molar-refractivity contribution < 1.29 is 14.7 Å². The van der Waals surface area contributed by atoms with Gasteiger partial charge in [0.2, 0.25) is 0 Å². The maximum absolute atomic E-state index is 12.9. The SMILES string of the molecule is Cc1ccccc1C(=O)N(CCC(=O)O)c1ccccc1C#N. The number of para-hydroxylation sites is 1. The van der Waals surface area contributed by atoms with Crippen molar-refractivity contribution >= 4 is 17.6 Å². The molecule has 2 aromatic carbocycles. The Morgan fingerprint density at radius 1 is 1.13 bits per heavy atom. The number of aryl methyl sites for hydroxylation is 1. The van der Waals surface area contributed by atoms with Gasteiger partial charge in [-0.1, -0.05) is 30.3 Å². The van der Waals surface area contributed by atoms with Gasteiger partial charge in [-0.05, 0) is 30.7 Å². The van der Waals surface area contributed by atoms with Crippen molar-refractivity contribution in [2.24, 2.45) is 0 Å². The summed E-state index contributed by atoms with van der Waals surface area (Å²) in [6, 6.07) is 15.8. The zero-order valence-corrected chi connectivity index (χ0v) is 12.7. The summed E-state index contributed by atoms with van der Waals surface area (Å²) in [5.41, 5.74) is 2.04. The van der Waals surface area contributed by atoms with Gasteiger partial charge in [-0.25, -0.2) is 0 Å². The summed E-state index contributed by atoms with van der Waals surface area (Å²) in [5, 5.41) is 18.2. The fourth-order valence-corrected chi connectivity index (χ4v) is 2.30. The number of nitrogens with zero attached hydrogens (tertiary/aromatic N) is 2. The zero-order chi connectivity index (χ0) is 16.8. The van der Waals surface area contributed by atoms with E-state index in [1.54, 1.807) is 36.4 Å². The molecule has 0 spiro atoms. The average molecular weight is 308 g/mol. The van der Waals surface area contributed by atoms with Crippen LogP contribution < -0.4 is 4.90 Å². The number of benzene rings is 2. The monoisotopic (exact) mass is 308 g/mol. The molecule has 1 N–H and O–H groups in total. The number of hydrogen-bond donors (Lipinski definition) is 1. The van der Waals surface area contributed by atoms with Gasteiger partial charge in [-0.3, -0.25) is 9.59 Å². The summed E-state index contributed by atoms with van der Waals surface area (Å²) < 4.78 is 0. The highest BCUT2D eigenvalue weighted by atomic mass is 16.4. The summed E-state index contributed by atoms with van der Waals surface area (Å²) in [7, 11) is 0. The molecule has 1 amide bonds. The van der Waals surface area contributed by atoms with E-state index >= 15 is 0 Å². The molecule has 0 saturated heterocycles. The fourth-order valence-electron chi connectivity index (χ4n) is 2.30. The minimum Gasteiger partial charge on any atom is -0.481 e. The Morgan fingerprint density at radius 2 is 1.78 bits per heavy atom. The van der Waals surface area contributed by atoms with Gasteiger partial charge in [0.25, 0.3) is 5.91 Å². The first kappa shape index (κ1) is 16.2. The van der Waals surface area contributed by atoms with E-state index in [2.05, 4.69) is 0 Å². The number of carboxylic acids is 1. The first-order valence-corrected chi connectivity index (χ1v) is 7.13. The lowest BCUT2D eigenvalue weighted by Gasteiger charge is -2.24. The number of hydrogen-bond acceptors (Lipinski definition) is 3. The molecule has 0 aliphatic rings. The van der Waals surface area contributed by atoms with Gasteiger partial charge in [0.05, 0.1) is 17.7 Å². The number of amides is 1. The number of carbonyl (C=O) groups excluding carboxylic acids is 1. The average Bonchev–Trinajstić information content (AvgIpc) is 2.55. The topological polar surface area (TPSA) is 81.4 Å². The van der Waals surface area contributed by atoms with Crippen molar-refractivity contribution in [2.75, 3.05) is 11.4 Å². The smallest absolute Gasteiger partial charge is 0.305 e. The highest BCUT2D eigenvalue weighted by molar-refractivity contribution is 6.07. The Labute approximate surface area is 134 Å². The van der Waals surface area contributed by atoms with Gasteiger partial charge in [0.1, 0.15) is 6.07 Å². The Bertz CT molecular complexity index is 778. The highest BCUT2D eigenvalue weighted by Crippen LogP contribution is 2.23. The fraction of sp³-hybridized carbons (Fsp3) is 0.167. The largest absolute Gasteiger partial charge is 0.481 e. The third-order valence-corrected chi connectivity index (χ3v) is 3.49. The molecule has 0 atom stereocenters. The van der Waals surface area contributed by atoms with Crippen LogP contribution in [0.25, 0.3) is 0 Å². The molecule has 0 aliphatic heterocycles. The number of carbonyl (C=O) groups is 2. The van der Waals surface area contributed by atoms with Gasteiger partial charge in [-0.2, -0.15) is 5.26 Å². The molecular formula is C18H16N2O3. The number of carboxylic acid groups (broad SMARTS) is 1. The van der Waals surface area contributed by atoms with Crippen LogP contribution >= 0.6 is 0 Å². The lowest BCUT2D eigenvalue weighted by Crippen LogP contribution is -2.34. The predicted octanol–water partition coefficient (Wildman–Crippen LogP) is 2.99. The van der Waals surface area contributed by atoms with E-state index in [-0.39, 0.29) is 18.9 Å². The second-order valence-corrected chi connectivity index (χ2v) is 5.04. The predicted molar refractivity (Wildman–Crippen MR) is 86.3 cm³/mol. The van der Waals surface area contributed by atoms with E-state index in [9.17, 15) is 14.9 Å². The van der Waals surface area contributed by atoms with Crippen molar-refractivity contribution in [1.82, 2.24) is 0 Å². The van der Waals surface area contributed by atoms with E-state index in [1.165, 1.54) is 4.90 Å². The van der Waals surface area contributed by atoms with Crippen LogP contribution in [0.15, 0.2) is 48.5 Å². The van der Waals surface area contributed by atoms with Crippen LogP contribution in [-0.4, -0.2) is 23.5 Å². The summed E-state index contributed by atoms with van der Waals surface area (Å²) in [4.78, 5) is 25.1. The molecule has 0 heterocycles. The molecule has 0 aromatic heterocycles. The van der Waals surface area contributed by atoms with Crippen LogP contribution in [0.2, 0.25) is 0 Å². The van der Waals surface area contributed by atoms with Gasteiger partial charge in [-0.15, -0.1) is 0 Å². The number of nitriles is 1. The lowest BCUT2D eigenvalue weighted by atomic mass is 10.1. The van der Waals surface area contributed by atoms with Crippen molar-refractivity contribution in [3.05, 3.63) is 65.2 Å². The van der Waals surface area contributed by atoms with Gasteiger partial charge in [0, 0.05) is 12.1 Å². The van der Waals surface area contributed by atoms with Crippen molar-refractivity contribution in [1.29, 1.82) is 5.26 Å². The standard InChI is InChI=1S/C18H16N2O3/c1-13-6-2-4-8-15(13)18(23)20(11-10-17(21)22)16-9-5-3-7-14(16)12-19/h2-9H,10-11H2,1H3,(H,21,22). The van der Waals surface area contributed by atoms with Crippen LogP contribution in [-0.2, 0) is 4.79 Å². The molecule has 0 radical (unpaired) electrons. The van der Waals surface area contributed by atoms with Gasteiger partial charge < -0.3 is 10.0 Å². The van der Waals surface area contributed by atoms with E-state index in [0.29, 0.717) is 16.8 Å². The number of anilines is 1. The molecule has 116 valence electrons. The molecule has 0 fully saturated rings. The minimum absolute atomic E-state index is 0.00118. The number of rotatable bonds is 5. The van der Waals surface area contributed by atoms with Gasteiger partial charge in [0.15, 0.2) is 0 Å². The first-order valence-electron chi connectivity index (χ1n) is 7.13. The zero-order valence-electron chi connectivity index (χ0n) is 12.7. The molecule has 2 rings (SSSR count). The minimum atomic E-state index is -0.998. The first-order chi connectivity index (χ1) is 11.0.